The molecule has 1 aromatic carbocycles. The highest BCUT2D eigenvalue weighted by molar-refractivity contribution is 7.86. The Labute approximate surface area is 178 Å². The predicted octanol–water partition coefficient (Wildman–Crippen LogP) is 1.09. The van der Waals surface area contributed by atoms with Gasteiger partial charge in [-0.25, -0.2) is 0 Å². The molecule has 0 bridgehead atoms. The lowest BCUT2D eigenvalue weighted by Gasteiger charge is -2.36. The van der Waals surface area contributed by atoms with Gasteiger partial charge in [-0.15, -0.1) is 0 Å². The molecular weight excluding hydrogens is 404 g/mol. The van der Waals surface area contributed by atoms with E-state index >= 15 is 0 Å². The van der Waals surface area contributed by atoms with E-state index in [0.29, 0.717) is 45.8 Å². The first-order valence-corrected chi connectivity index (χ1v) is 12.2. The molecule has 2 amide bonds. The van der Waals surface area contributed by atoms with Crippen LogP contribution in [0.5, 0.6) is 0 Å². The molecule has 3 aliphatic heterocycles. The summed E-state index contributed by atoms with van der Waals surface area (Å²) in [4.78, 5) is 28.9. The van der Waals surface area contributed by atoms with Gasteiger partial charge in [-0.2, -0.15) is 17.0 Å². The lowest BCUT2D eigenvalue weighted by atomic mass is 10.1. The highest BCUT2D eigenvalue weighted by atomic mass is 32.2. The molecule has 0 aliphatic carbocycles. The summed E-state index contributed by atoms with van der Waals surface area (Å²) in [7, 11) is -3.42. The van der Waals surface area contributed by atoms with Gasteiger partial charge in [0.15, 0.2) is 0 Å². The van der Waals surface area contributed by atoms with Crippen molar-refractivity contribution in [3.63, 3.8) is 0 Å². The number of nitrogens with zero attached hydrogens (tertiary/aromatic N) is 4. The molecule has 1 atom stereocenters. The SMILES string of the molecule is CCc1ccc(N2CC(C(=O)N3CCN(S(=O)(=O)N4CCCC4)CC3)CC2=O)cc1. The Balaban J connectivity index is 1.34. The minimum absolute atomic E-state index is 0.0344. The van der Waals surface area contributed by atoms with Crippen molar-refractivity contribution in [2.45, 2.75) is 32.6 Å². The summed E-state index contributed by atoms with van der Waals surface area (Å²) in [5, 5.41) is 0. The first-order chi connectivity index (χ1) is 14.4. The summed E-state index contributed by atoms with van der Waals surface area (Å²) in [5.41, 5.74) is 2.04. The maximum Gasteiger partial charge on any atom is 0.282 e. The van der Waals surface area contributed by atoms with Crippen molar-refractivity contribution in [1.82, 2.24) is 13.5 Å². The van der Waals surface area contributed by atoms with E-state index in [1.54, 1.807) is 14.1 Å². The molecule has 3 fully saturated rings. The highest BCUT2D eigenvalue weighted by Crippen LogP contribution is 2.27. The molecule has 8 nitrogen and oxygen atoms in total. The minimum atomic E-state index is -3.42. The van der Waals surface area contributed by atoms with Gasteiger partial charge in [0.1, 0.15) is 0 Å². The van der Waals surface area contributed by atoms with Crippen molar-refractivity contribution in [2.75, 3.05) is 50.7 Å². The number of hydrogen-bond acceptors (Lipinski definition) is 4. The van der Waals surface area contributed by atoms with Crippen molar-refractivity contribution in [3.05, 3.63) is 29.8 Å². The first kappa shape index (κ1) is 21.3. The second-order valence-corrected chi connectivity index (χ2v) is 10.2. The maximum atomic E-state index is 13.0. The smallest absolute Gasteiger partial charge is 0.282 e. The zero-order valence-corrected chi connectivity index (χ0v) is 18.3. The zero-order valence-electron chi connectivity index (χ0n) is 17.5. The molecule has 4 rings (SSSR count). The van der Waals surface area contributed by atoms with Crippen LogP contribution in [-0.2, 0) is 26.2 Å². The molecule has 0 N–H and O–H groups in total. The predicted molar refractivity (Wildman–Crippen MR) is 114 cm³/mol. The molecule has 0 aromatic heterocycles. The number of aryl methyl sites for hydroxylation is 1. The van der Waals surface area contributed by atoms with Crippen molar-refractivity contribution in [3.8, 4) is 0 Å². The molecule has 0 radical (unpaired) electrons. The van der Waals surface area contributed by atoms with Crippen LogP contribution in [0, 0.1) is 5.92 Å². The van der Waals surface area contributed by atoms with Crippen molar-refractivity contribution in [1.29, 1.82) is 0 Å². The van der Waals surface area contributed by atoms with Crippen LogP contribution in [0.4, 0.5) is 5.69 Å². The maximum absolute atomic E-state index is 13.0. The van der Waals surface area contributed by atoms with E-state index in [2.05, 4.69) is 6.92 Å². The number of anilines is 1. The molecule has 30 heavy (non-hydrogen) atoms. The summed E-state index contributed by atoms with van der Waals surface area (Å²) in [6, 6.07) is 7.90. The van der Waals surface area contributed by atoms with E-state index in [1.165, 1.54) is 9.87 Å². The molecule has 3 saturated heterocycles. The standard InChI is InChI=1S/C21H30N4O4S/c1-2-17-5-7-19(8-6-17)25-16-18(15-20(25)26)21(27)22-11-13-24(14-12-22)30(28,29)23-9-3-4-10-23/h5-8,18H,2-4,9-16H2,1H3. The van der Waals surface area contributed by atoms with Crippen LogP contribution in [0.1, 0.15) is 31.7 Å². The number of hydrogen-bond donors (Lipinski definition) is 0. The van der Waals surface area contributed by atoms with Crippen LogP contribution >= 0.6 is 0 Å². The van der Waals surface area contributed by atoms with Gasteiger partial charge >= 0.3 is 0 Å². The van der Waals surface area contributed by atoms with Crippen LogP contribution in [0.15, 0.2) is 24.3 Å². The molecule has 3 heterocycles. The lowest BCUT2D eigenvalue weighted by molar-refractivity contribution is -0.137. The Hall–Kier alpha value is -1.97. The minimum Gasteiger partial charge on any atom is -0.340 e. The average molecular weight is 435 g/mol. The summed E-state index contributed by atoms with van der Waals surface area (Å²) in [5.74, 6) is -0.452. The first-order valence-electron chi connectivity index (χ1n) is 10.8. The summed E-state index contributed by atoms with van der Waals surface area (Å²) >= 11 is 0. The third-order valence-electron chi connectivity index (χ3n) is 6.40. The van der Waals surface area contributed by atoms with Crippen molar-refractivity contribution >= 4 is 27.7 Å². The molecule has 3 aliphatic rings. The molecule has 164 valence electrons. The molecule has 1 unspecified atom stereocenters. The molecule has 1 aromatic rings. The normalized spacial score (nSPS) is 24.0. The summed E-state index contributed by atoms with van der Waals surface area (Å²) < 4.78 is 28.4. The quantitative estimate of drug-likeness (QED) is 0.695. The lowest BCUT2D eigenvalue weighted by Crippen LogP contribution is -2.54. The number of carbonyl (C=O) groups is 2. The van der Waals surface area contributed by atoms with E-state index in [1.807, 2.05) is 24.3 Å². The highest BCUT2D eigenvalue weighted by Gasteiger charge is 2.40. The molecule has 9 heteroatoms. The number of rotatable bonds is 5. The Morgan fingerprint density at radius 2 is 1.57 bits per heavy atom. The van der Waals surface area contributed by atoms with Crippen LogP contribution in [0.3, 0.4) is 0 Å². The van der Waals surface area contributed by atoms with Crippen LogP contribution < -0.4 is 4.90 Å². The molecule has 0 spiro atoms. The van der Waals surface area contributed by atoms with Gasteiger partial charge in [-0.05, 0) is 37.0 Å². The fourth-order valence-electron chi connectivity index (χ4n) is 4.51. The van der Waals surface area contributed by atoms with E-state index in [4.69, 9.17) is 0 Å². The van der Waals surface area contributed by atoms with Crippen LogP contribution in [0.2, 0.25) is 0 Å². The number of amides is 2. The Bertz CT molecular complexity index is 888. The van der Waals surface area contributed by atoms with Crippen molar-refractivity contribution < 1.29 is 18.0 Å². The Kier molecular flexibility index (Phi) is 6.13. The van der Waals surface area contributed by atoms with Crippen molar-refractivity contribution in [2.24, 2.45) is 5.92 Å². The molecular formula is C21H30N4O4S. The monoisotopic (exact) mass is 434 g/mol. The third kappa shape index (κ3) is 4.10. The number of piperazine rings is 1. The van der Waals surface area contributed by atoms with Gasteiger partial charge in [0.2, 0.25) is 11.8 Å². The van der Waals surface area contributed by atoms with Gasteiger partial charge in [0, 0.05) is 57.9 Å². The van der Waals surface area contributed by atoms with E-state index < -0.39 is 10.2 Å². The van der Waals surface area contributed by atoms with E-state index in [-0.39, 0.29) is 24.2 Å². The van der Waals surface area contributed by atoms with Gasteiger partial charge in [-0.1, -0.05) is 19.1 Å². The second kappa shape index (κ2) is 8.64. The Morgan fingerprint density at radius 3 is 2.17 bits per heavy atom. The van der Waals surface area contributed by atoms with Gasteiger partial charge in [-0.3, -0.25) is 9.59 Å². The van der Waals surface area contributed by atoms with Gasteiger partial charge < -0.3 is 9.80 Å². The van der Waals surface area contributed by atoms with Gasteiger partial charge in [0.05, 0.1) is 5.92 Å². The van der Waals surface area contributed by atoms with Gasteiger partial charge in [0.25, 0.3) is 10.2 Å². The Morgan fingerprint density at radius 1 is 0.967 bits per heavy atom. The van der Waals surface area contributed by atoms with Crippen LogP contribution in [-0.4, -0.2) is 79.6 Å². The third-order valence-corrected chi connectivity index (χ3v) is 8.43. The summed E-state index contributed by atoms with van der Waals surface area (Å²) in [6.07, 6.45) is 2.96. The fourth-order valence-corrected chi connectivity index (χ4v) is 6.18. The average Bonchev–Trinajstić information content (AvgIpc) is 3.44. The molecule has 0 saturated carbocycles. The fraction of sp³-hybridized carbons (Fsp3) is 0.619. The van der Waals surface area contributed by atoms with Crippen LogP contribution in [0.25, 0.3) is 0 Å². The largest absolute Gasteiger partial charge is 0.340 e. The number of benzene rings is 1. The van der Waals surface area contributed by atoms with E-state index in [9.17, 15) is 18.0 Å². The van der Waals surface area contributed by atoms with E-state index in [0.717, 1.165) is 24.9 Å². The topological polar surface area (TPSA) is 81.2 Å². The zero-order chi connectivity index (χ0) is 21.3. The summed E-state index contributed by atoms with van der Waals surface area (Å²) in [6.45, 7) is 5.02. The second-order valence-electron chi connectivity index (χ2n) is 8.26. The number of carbonyl (C=O) groups excluding carboxylic acids is 2.